The SMILES string of the molecule is O=C(Nc1sc2c(c1-c1nc(C(F)(F)F)no1)CCC(F)(F)C2)C1=CCCCC1.O=C(O)O. The first-order valence-electron chi connectivity index (χ1n) is 9.73. The van der Waals surface area contributed by atoms with Gasteiger partial charge in [0.1, 0.15) is 5.00 Å². The van der Waals surface area contributed by atoms with Gasteiger partial charge in [0, 0.05) is 23.3 Å². The molecule has 0 atom stereocenters. The topological polar surface area (TPSA) is 126 Å². The summed E-state index contributed by atoms with van der Waals surface area (Å²) in [7, 11) is 0. The quantitative estimate of drug-likeness (QED) is 0.473. The van der Waals surface area contributed by atoms with Gasteiger partial charge in [-0.25, -0.2) is 13.6 Å². The van der Waals surface area contributed by atoms with Crippen molar-refractivity contribution in [3.63, 3.8) is 0 Å². The lowest BCUT2D eigenvalue weighted by molar-refractivity contribution is -0.146. The summed E-state index contributed by atoms with van der Waals surface area (Å²) in [5.41, 5.74) is 1.10. The monoisotopic (exact) mass is 495 g/mol. The van der Waals surface area contributed by atoms with Gasteiger partial charge in [0.25, 0.3) is 23.5 Å². The predicted molar refractivity (Wildman–Crippen MR) is 105 cm³/mol. The van der Waals surface area contributed by atoms with E-state index in [-0.39, 0.29) is 17.0 Å². The molecule has 0 unspecified atom stereocenters. The van der Waals surface area contributed by atoms with Crippen molar-refractivity contribution >= 4 is 28.4 Å². The third-order valence-electron chi connectivity index (χ3n) is 4.95. The van der Waals surface area contributed by atoms with Crippen LogP contribution >= 0.6 is 11.3 Å². The first-order chi connectivity index (χ1) is 15.4. The second kappa shape index (κ2) is 9.45. The highest BCUT2D eigenvalue weighted by Crippen LogP contribution is 2.47. The number of carbonyl (C=O) groups excluding carboxylic acids is 1. The van der Waals surface area contributed by atoms with Crippen LogP contribution in [0.4, 0.5) is 31.7 Å². The van der Waals surface area contributed by atoms with Crippen LogP contribution in [0.15, 0.2) is 16.2 Å². The second-order valence-corrected chi connectivity index (χ2v) is 8.48. The van der Waals surface area contributed by atoms with E-state index in [1.54, 1.807) is 0 Å². The molecule has 3 N–H and O–H groups in total. The zero-order valence-corrected chi connectivity index (χ0v) is 17.7. The molecule has 2 aromatic rings. The molecule has 4 rings (SSSR count). The Labute approximate surface area is 187 Å². The average molecular weight is 495 g/mol. The van der Waals surface area contributed by atoms with Crippen molar-refractivity contribution < 1.29 is 46.3 Å². The van der Waals surface area contributed by atoms with Crippen LogP contribution in [0.5, 0.6) is 0 Å². The van der Waals surface area contributed by atoms with E-state index in [1.165, 1.54) is 0 Å². The molecule has 0 fully saturated rings. The molecule has 1 amide bonds. The number of halogens is 5. The number of allylic oxidation sites excluding steroid dienone is 1. The first-order valence-corrected chi connectivity index (χ1v) is 10.5. The number of carboxylic acid groups (broad SMARTS) is 2. The number of aromatic nitrogens is 2. The van der Waals surface area contributed by atoms with Crippen LogP contribution in [0.3, 0.4) is 0 Å². The van der Waals surface area contributed by atoms with Gasteiger partial charge in [-0.05, 0) is 37.7 Å². The van der Waals surface area contributed by atoms with Crippen molar-refractivity contribution in [1.82, 2.24) is 10.1 Å². The molecule has 180 valence electrons. The van der Waals surface area contributed by atoms with Crippen molar-refractivity contribution in [1.29, 1.82) is 0 Å². The van der Waals surface area contributed by atoms with Gasteiger partial charge in [0.15, 0.2) is 0 Å². The fourth-order valence-electron chi connectivity index (χ4n) is 3.53. The number of hydrogen-bond acceptors (Lipinski definition) is 6. The van der Waals surface area contributed by atoms with E-state index < -0.39 is 48.7 Å². The lowest BCUT2D eigenvalue weighted by Crippen LogP contribution is -2.24. The smallest absolute Gasteiger partial charge is 0.450 e. The third-order valence-corrected chi connectivity index (χ3v) is 6.10. The summed E-state index contributed by atoms with van der Waals surface area (Å²) in [5, 5.41) is 19.7. The van der Waals surface area contributed by atoms with E-state index in [1.807, 2.05) is 6.08 Å². The van der Waals surface area contributed by atoms with E-state index in [2.05, 4.69) is 15.5 Å². The lowest BCUT2D eigenvalue weighted by atomic mass is 9.92. The third kappa shape index (κ3) is 6.06. The van der Waals surface area contributed by atoms with Gasteiger partial charge >= 0.3 is 12.3 Å². The minimum absolute atomic E-state index is 0.0591. The molecule has 0 bridgehead atoms. The number of fused-ring (bicyclic) bond motifs is 1. The van der Waals surface area contributed by atoms with E-state index in [0.29, 0.717) is 22.4 Å². The fourth-order valence-corrected chi connectivity index (χ4v) is 4.85. The molecule has 2 heterocycles. The van der Waals surface area contributed by atoms with Crippen molar-refractivity contribution in [3.05, 3.63) is 27.9 Å². The number of nitrogens with zero attached hydrogens (tertiary/aromatic N) is 2. The Hall–Kier alpha value is -3.03. The molecule has 0 saturated carbocycles. The zero-order chi connectivity index (χ0) is 24.4. The maximum Gasteiger partial charge on any atom is 0.503 e. The number of thiophene rings is 1. The molecule has 2 aliphatic carbocycles. The number of alkyl halides is 5. The summed E-state index contributed by atoms with van der Waals surface area (Å²) < 4.78 is 71.1. The lowest BCUT2D eigenvalue weighted by Gasteiger charge is -2.21. The fraction of sp³-hybridized carbons (Fsp3) is 0.474. The Bertz CT molecular complexity index is 1070. The Kier molecular flexibility index (Phi) is 7.05. The Balaban J connectivity index is 0.000000709. The molecule has 2 aliphatic rings. The van der Waals surface area contributed by atoms with Gasteiger partial charge in [0.05, 0.1) is 5.56 Å². The molecule has 0 aliphatic heterocycles. The van der Waals surface area contributed by atoms with Crippen molar-refractivity contribution in [2.45, 2.75) is 57.0 Å². The Morgan fingerprint density at radius 2 is 1.88 bits per heavy atom. The highest BCUT2D eigenvalue weighted by molar-refractivity contribution is 7.17. The summed E-state index contributed by atoms with van der Waals surface area (Å²) in [4.78, 5) is 24.8. The molecule has 0 spiro atoms. The number of hydrogen-bond donors (Lipinski definition) is 3. The standard InChI is InChI=1S/C18H16F5N3O2S.CH2O3/c19-17(20)7-6-10-11(8-17)29-15(24-13(27)9-4-2-1-3-5-9)12(10)14-25-16(26-28-14)18(21,22)23;2-1(3)4/h4H,1-3,5-8H2,(H,24,27);(H2,2,3,4). The molecule has 0 radical (unpaired) electrons. The van der Waals surface area contributed by atoms with E-state index >= 15 is 0 Å². The van der Waals surface area contributed by atoms with E-state index in [4.69, 9.17) is 19.5 Å². The largest absolute Gasteiger partial charge is 0.503 e. The summed E-state index contributed by atoms with van der Waals surface area (Å²) in [5.74, 6) is -5.20. The summed E-state index contributed by atoms with van der Waals surface area (Å²) >= 11 is 0.920. The summed E-state index contributed by atoms with van der Waals surface area (Å²) in [6.07, 6.45) is -2.68. The molecule has 33 heavy (non-hydrogen) atoms. The van der Waals surface area contributed by atoms with Gasteiger partial charge < -0.3 is 20.1 Å². The van der Waals surface area contributed by atoms with Gasteiger partial charge in [-0.15, -0.1) is 11.3 Å². The predicted octanol–water partition coefficient (Wildman–Crippen LogP) is 5.60. The minimum Gasteiger partial charge on any atom is -0.450 e. The van der Waals surface area contributed by atoms with Crippen molar-refractivity contribution in [2.24, 2.45) is 0 Å². The van der Waals surface area contributed by atoms with Crippen molar-refractivity contribution in [2.75, 3.05) is 5.32 Å². The highest BCUT2D eigenvalue weighted by atomic mass is 32.1. The molecule has 14 heteroatoms. The van der Waals surface area contributed by atoms with Crippen LogP contribution in [-0.2, 0) is 23.8 Å². The Morgan fingerprint density at radius 1 is 1.18 bits per heavy atom. The van der Waals surface area contributed by atoms with Crippen molar-refractivity contribution in [3.8, 4) is 11.5 Å². The van der Waals surface area contributed by atoms with Crippen LogP contribution in [0.2, 0.25) is 0 Å². The van der Waals surface area contributed by atoms with Crippen LogP contribution in [0.1, 0.15) is 48.4 Å². The molecule has 0 aromatic carbocycles. The molecule has 0 saturated heterocycles. The number of amides is 1. The van der Waals surface area contributed by atoms with Gasteiger partial charge in [0.2, 0.25) is 0 Å². The van der Waals surface area contributed by atoms with Gasteiger partial charge in [-0.2, -0.15) is 18.2 Å². The maximum absolute atomic E-state index is 13.9. The van der Waals surface area contributed by atoms with E-state index in [0.717, 1.165) is 30.6 Å². The van der Waals surface area contributed by atoms with Crippen LogP contribution in [-0.4, -0.2) is 38.3 Å². The molecule has 2 aromatic heterocycles. The van der Waals surface area contributed by atoms with Gasteiger partial charge in [-0.1, -0.05) is 11.2 Å². The summed E-state index contributed by atoms with van der Waals surface area (Å²) in [6.45, 7) is 0. The Morgan fingerprint density at radius 3 is 2.45 bits per heavy atom. The first kappa shape index (κ1) is 24.6. The van der Waals surface area contributed by atoms with Crippen LogP contribution in [0.25, 0.3) is 11.5 Å². The summed E-state index contributed by atoms with van der Waals surface area (Å²) in [6, 6.07) is 0. The van der Waals surface area contributed by atoms with Crippen LogP contribution < -0.4 is 5.32 Å². The average Bonchev–Trinajstić information content (AvgIpc) is 3.31. The number of nitrogens with one attached hydrogen (secondary N) is 1. The number of anilines is 1. The maximum atomic E-state index is 13.9. The minimum atomic E-state index is -4.80. The highest BCUT2D eigenvalue weighted by Gasteiger charge is 2.41. The number of carbonyl (C=O) groups is 2. The zero-order valence-electron chi connectivity index (χ0n) is 16.8. The van der Waals surface area contributed by atoms with Gasteiger partial charge in [-0.3, -0.25) is 4.79 Å². The molecular formula is C19H18F5N3O5S. The normalized spacial score (nSPS) is 17.3. The molecule has 8 nitrogen and oxygen atoms in total. The number of rotatable bonds is 3. The van der Waals surface area contributed by atoms with Crippen LogP contribution in [0, 0.1) is 0 Å². The second-order valence-electron chi connectivity index (χ2n) is 7.37. The molecular weight excluding hydrogens is 477 g/mol. The van der Waals surface area contributed by atoms with E-state index in [9.17, 15) is 26.7 Å².